The van der Waals surface area contributed by atoms with Gasteiger partial charge >= 0.3 is 0 Å². The first kappa shape index (κ1) is 28.9. The van der Waals surface area contributed by atoms with E-state index in [1.807, 2.05) is 18.2 Å². The van der Waals surface area contributed by atoms with Crippen LogP contribution in [0.15, 0.2) is 36.8 Å². The summed E-state index contributed by atoms with van der Waals surface area (Å²) in [4.78, 5) is 8.70. The number of hydrogen-bond donors (Lipinski definition) is 3. The van der Waals surface area contributed by atoms with Crippen molar-refractivity contribution < 1.29 is 17.9 Å². The van der Waals surface area contributed by atoms with E-state index in [9.17, 15) is 18.8 Å². The lowest BCUT2D eigenvalue weighted by Gasteiger charge is -2.43. The molecule has 0 amide bonds. The Labute approximate surface area is 248 Å². The van der Waals surface area contributed by atoms with E-state index in [4.69, 9.17) is 11.6 Å². The second-order valence-electron chi connectivity index (χ2n) is 11.7. The molecule has 2 atom stereocenters. The van der Waals surface area contributed by atoms with E-state index in [0.29, 0.717) is 41.4 Å². The van der Waals surface area contributed by atoms with Gasteiger partial charge in [0.05, 0.1) is 51.8 Å². The van der Waals surface area contributed by atoms with Crippen LogP contribution in [0.5, 0.6) is 0 Å². The van der Waals surface area contributed by atoms with Crippen molar-refractivity contribution >= 4 is 27.6 Å². The number of sulfonamides is 1. The summed E-state index contributed by atoms with van der Waals surface area (Å²) in [6.45, 7) is 2.73. The minimum absolute atomic E-state index is 0.0791. The molecular formula is C28H32ClFN8O3S. The summed E-state index contributed by atoms with van der Waals surface area (Å²) in [6, 6.07) is 7.11. The monoisotopic (exact) mass is 614 g/mol. The number of nitrogens with one attached hydrogen (secondary N) is 2. The molecule has 222 valence electrons. The summed E-state index contributed by atoms with van der Waals surface area (Å²) in [6.07, 6.45) is 5.96. The predicted octanol–water partition coefficient (Wildman–Crippen LogP) is 3.17. The van der Waals surface area contributed by atoms with Gasteiger partial charge in [-0.1, -0.05) is 17.7 Å². The van der Waals surface area contributed by atoms with Crippen molar-refractivity contribution in [2.24, 2.45) is 0 Å². The van der Waals surface area contributed by atoms with Crippen LogP contribution in [0.4, 0.5) is 10.3 Å². The zero-order valence-corrected chi connectivity index (χ0v) is 24.6. The van der Waals surface area contributed by atoms with Gasteiger partial charge in [0.25, 0.3) is 0 Å². The number of alkyl halides is 1. The molecule has 2 saturated carbocycles. The first-order valence-electron chi connectivity index (χ1n) is 14.0. The standard InChI is InChI=1S/C28H32ClFN8O3S/c1-28(9-20(39)10-28)33-12-17-2-5-25(22(29)8-17)38-15-19(14-34-38)26-18(11-31)13-32-27(36-26)35-24-6-7-37(16-23(24)30)42(40,41)21-3-4-21/h2,5,8,13-15,20-21,23-24,33,39H,3-4,6-7,9-10,12,16H2,1H3,(H,32,35,36)/t20?,23-,24+,28?/m1/s1. The molecule has 3 fully saturated rings. The number of hydrogen-bond acceptors (Lipinski definition) is 9. The van der Waals surface area contributed by atoms with Crippen LogP contribution in [0.2, 0.25) is 5.02 Å². The highest BCUT2D eigenvalue weighted by atomic mass is 35.5. The van der Waals surface area contributed by atoms with Crippen molar-refractivity contribution in [1.29, 1.82) is 5.26 Å². The van der Waals surface area contributed by atoms with E-state index in [-0.39, 0.29) is 47.9 Å². The normalized spacial score (nSPS) is 26.4. The Bertz CT molecular complexity index is 1630. The maximum atomic E-state index is 15.1. The molecule has 1 saturated heterocycles. The van der Waals surface area contributed by atoms with Gasteiger partial charge in [0.2, 0.25) is 16.0 Å². The van der Waals surface area contributed by atoms with E-state index in [2.05, 4.69) is 38.7 Å². The Kier molecular flexibility index (Phi) is 7.69. The molecule has 3 aromatic rings. The van der Waals surface area contributed by atoms with Gasteiger partial charge in [-0.15, -0.1) is 0 Å². The second-order valence-corrected chi connectivity index (χ2v) is 14.3. The molecule has 0 bridgehead atoms. The molecule has 0 unspecified atom stereocenters. The molecule has 0 spiro atoms. The molecule has 2 aliphatic carbocycles. The van der Waals surface area contributed by atoms with Crippen molar-refractivity contribution in [2.75, 3.05) is 18.4 Å². The van der Waals surface area contributed by atoms with Gasteiger partial charge in [-0.25, -0.2) is 27.5 Å². The molecule has 42 heavy (non-hydrogen) atoms. The van der Waals surface area contributed by atoms with Gasteiger partial charge in [0, 0.05) is 36.9 Å². The van der Waals surface area contributed by atoms with Crippen molar-refractivity contribution in [2.45, 2.75) is 74.7 Å². The van der Waals surface area contributed by atoms with Gasteiger partial charge in [-0.2, -0.15) is 14.7 Å². The van der Waals surface area contributed by atoms with Crippen LogP contribution in [0, 0.1) is 11.3 Å². The van der Waals surface area contributed by atoms with E-state index in [1.165, 1.54) is 10.5 Å². The molecule has 14 heteroatoms. The van der Waals surface area contributed by atoms with Crippen LogP contribution in [0.3, 0.4) is 0 Å². The smallest absolute Gasteiger partial charge is 0.223 e. The summed E-state index contributed by atoms with van der Waals surface area (Å²) < 4.78 is 42.9. The first-order valence-corrected chi connectivity index (χ1v) is 15.9. The van der Waals surface area contributed by atoms with Crippen LogP contribution in [0.1, 0.15) is 50.2 Å². The maximum absolute atomic E-state index is 15.1. The van der Waals surface area contributed by atoms with Crippen LogP contribution in [-0.4, -0.2) is 79.8 Å². The fourth-order valence-corrected chi connectivity index (χ4v) is 7.78. The molecule has 6 rings (SSSR count). The van der Waals surface area contributed by atoms with Crippen LogP contribution >= 0.6 is 11.6 Å². The molecule has 3 heterocycles. The third kappa shape index (κ3) is 5.87. The SMILES string of the molecule is CC1(NCc2ccc(-n3cc(-c4nc(N[C@H]5CCN(S(=O)(=O)C6CC6)C[C@H]5F)ncc4C#N)cn3)c(Cl)c2)CC(O)C1. The van der Waals surface area contributed by atoms with Gasteiger partial charge in [0.15, 0.2) is 0 Å². The Hall–Kier alpha value is -3.15. The Morgan fingerprint density at radius 3 is 2.71 bits per heavy atom. The van der Waals surface area contributed by atoms with Crippen molar-refractivity contribution in [1.82, 2.24) is 29.4 Å². The number of aromatic nitrogens is 4. The minimum atomic E-state index is -3.44. The number of rotatable bonds is 9. The summed E-state index contributed by atoms with van der Waals surface area (Å²) in [7, 11) is -3.44. The van der Waals surface area contributed by atoms with Crippen molar-refractivity contribution in [3.8, 4) is 23.0 Å². The second kappa shape index (κ2) is 11.2. The number of nitrogens with zero attached hydrogens (tertiary/aromatic N) is 6. The minimum Gasteiger partial charge on any atom is -0.393 e. The average molecular weight is 615 g/mol. The number of aliphatic hydroxyl groups excluding tert-OH is 1. The van der Waals surface area contributed by atoms with Crippen molar-refractivity contribution in [3.05, 3.63) is 52.9 Å². The molecule has 11 nitrogen and oxygen atoms in total. The van der Waals surface area contributed by atoms with Crippen LogP contribution < -0.4 is 10.6 Å². The van der Waals surface area contributed by atoms with E-state index in [1.54, 1.807) is 17.1 Å². The lowest BCUT2D eigenvalue weighted by molar-refractivity contribution is 0.0109. The fourth-order valence-electron chi connectivity index (χ4n) is 5.63. The molecule has 2 aromatic heterocycles. The Balaban J connectivity index is 1.15. The van der Waals surface area contributed by atoms with Gasteiger partial charge in [-0.3, -0.25) is 0 Å². The number of benzene rings is 1. The number of piperidine rings is 1. The summed E-state index contributed by atoms with van der Waals surface area (Å²) >= 11 is 6.61. The van der Waals surface area contributed by atoms with E-state index in [0.717, 1.165) is 18.4 Å². The van der Waals surface area contributed by atoms with E-state index >= 15 is 4.39 Å². The average Bonchev–Trinajstić information content (AvgIpc) is 3.71. The van der Waals surface area contributed by atoms with E-state index < -0.39 is 22.2 Å². The van der Waals surface area contributed by atoms with Gasteiger partial charge in [-0.05, 0) is 56.7 Å². The molecule has 3 aliphatic rings. The van der Waals surface area contributed by atoms with Gasteiger partial charge < -0.3 is 15.7 Å². The van der Waals surface area contributed by atoms with Gasteiger partial charge in [0.1, 0.15) is 12.2 Å². The maximum Gasteiger partial charge on any atom is 0.223 e. The lowest BCUT2D eigenvalue weighted by Crippen LogP contribution is -2.54. The molecular weight excluding hydrogens is 583 g/mol. The zero-order chi connectivity index (χ0) is 29.6. The van der Waals surface area contributed by atoms with Crippen molar-refractivity contribution in [3.63, 3.8) is 0 Å². The van der Waals surface area contributed by atoms with Crippen LogP contribution in [0.25, 0.3) is 16.9 Å². The lowest BCUT2D eigenvalue weighted by atomic mass is 9.76. The number of aliphatic hydroxyl groups is 1. The third-order valence-electron chi connectivity index (χ3n) is 8.24. The highest BCUT2D eigenvalue weighted by molar-refractivity contribution is 7.90. The first-order chi connectivity index (χ1) is 20.0. The summed E-state index contributed by atoms with van der Waals surface area (Å²) in [5.74, 6) is 0.144. The number of halogens is 2. The predicted molar refractivity (Wildman–Crippen MR) is 155 cm³/mol. The van der Waals surface area contributed by atoms with Crippen LogP contribution in [-0.2, 0) is 16.6 Å². The zero-order valence-electron chi connectivity index (χ0n) is 23.0. The largest absolute Gasteiger partial charge is 0.393 e. The highest BCUT2D eigenvalue weighted by Crippen LogP contribution is 2.34. The molecule has 1 aromatic carbocycles. The Morgan fingerprint density at radius 1 is 1.26 bits per heavy atom. The summed E-state index contributed by atoms with van der Waals surface area (Å²) in [5, 5.41) is 30.3. The quantitative estimate of drug-likeness (QED) is 0.330. The number of anilines is 1. The fraction of sp³-hybridized carbons (Fsp3) is 0.500. The highest BCUT2D eigenvalue weighted by Gasteiger charge is 2.43. The Morgan fingerprint density at radius 2 is 2.05 bits per heavy atom. The molecule has 0 radical (unpaired) electrons. The third-order valence-corrected chi connectivity index (χ3v) is 10.9. The summed E-state index contributed by atoms with van der Waals surface area (Å²) in [5.41, 5.74) is 2.68. The topological polar surface area (TPSA) is 149 Å². The molecule has 1 aliphatic heterocycles. The molecule has 3 N–H and O–H groups in total. The number of nitriles is 1.